The fourth-order valence-electron chi connectivity index (χ4n) is 2.20. The monoisotopic (exact) mass is 287 g/mol. The Hall–Kier alpha value is -0.550. The van der Waals surface area contributed by atoms with Gasteiger partial charge in [0, 0.05) is 5.25 Å². The van der Waals surface area contributed by atoms with Crippen LogP contribution in [0.15, 0.2) is 5.16 Å². The van der Waals surface area contributed by atoms with E-state index in [2.05, 4.69) is 21.9 Å². The van der Waals surface area contributed by atoms with Gasteiger partial charge in [0.15, 0.2) is 5.16 Å². The lowest BCUT2D eigenvalue weighted by Crippen LogP contribution is -2.15. The summed E-state index contributed by atoms with van der Waals surface area (Å²) in [5.41, 5.74) is 0. The summed E-state index contributed by atoms with van der Waals surface area (Å²) in [6, 6.07) is 0.323. The molecule has 2 rings (SSSR count). The van der Waals surface area contributed by atoms with Gasteiger partial charge in [-0.05, 0) is 37.3 Å². The van der Waals surface area contributed by atoms with Crippen LogP contribution in [0.1, 0.15) is 39.5 Å². The second kappa shape index (κ2) is 6.57. The molecule has 1 heterocycles. The van der Waals surface area contributed by atoms with Gasteiger partial charge in [-0.15, -0.1) is 0 Å². The number of hydrogen-bond donors (Lipinski definition) is 0. The molecular weight excluding hydrogens is 270 g/mol. The van der Waals surface area contributed by atoms with E-state index < -0.39 is 0 Å². The van der Waals surface area contributed by atoms with Crippen molar-refractivity contribution in [1.82, 2.24) is 15.0 Å². The van der Waals surface area contributed by atoms with Crippen LogP contribution in [0.4, 0.5) is 0 Å². The van der Waals surface area contributed by atoms with E-state index in [-0.39, 0.29) is 5.28 Å². The van der Waals surface area contributed by atoms with Crippen LogP contribution in [0.5, 0.6) is 6.01 Å². The Morgan fingerprint density at radius 3 is 2.89 bits per heavy atom. The molecule has 0 radical (unpaired) electrons. The molecule has 0 aromatic carbocycles. The zero-order valence-corrected chi connectivity index (χ0v) is 12.3. The van der Waals surface area contributed by atoms with Crippen molar-refractivity contribution >= 4 is 23.4 Å². The maximum absolute atomic E-state index is 5.88. The van der Waals surface area contributed by atoms with Crippen LogP contribution in [0.3, 0.4) is 0 Å². The highest BCUT2D eigenvalue weighted by Crippen LogP contribution is 2.35. The van der Waals surface area contributed by atoms with Gasteiger partial charge < -0.3 is 4.74 Å². The second-order valence-electron chi connectivity index (χ2n) is 4.61. The lowest BCUT2D eigenvalue weighted by atomic mass is 9.91. The average molecular weight is 288 g/mol. The van der Waals surface area contributed by atoms with Crippen LogP contribution in [-0.4, -0.2) is 26.8 Å². The first-order valence-electron chi connectivity index (χ1n) is 6.38. The van der Waals surface area contributed by atoms with Gasteiger partial charge >= 0.3 is 6.01 Å². The average Bonchev–Trinajstić information content (AvgIpc) is 2.28. The quantitative estimate of drug-likeness (QED) is 0.847. The molecule has 6 heteroatoms. The van der Waals surface area contributed by atoms with Crippen LogP contribution in [0.2, 0.25) is 5.28 Å². The lowest BCUT2D eigenvalue weighted by molar-refractivity contribution is 0.307. The molecule has 1 saturated carbocycles. The highest BCUT2D eigenvalue weighted by molar-refractivity contribution is 7.99. The third-order valence-electron chi connectivity index (χ3n) is 3.00. The van der Waals surface area contributed by atoms with E-state index in [1.807, 2.05) is 6.92 Å². The Morgan fingerprint density at radius 1 is 1.33 bits per heavy atom. The molecule has 0 bridgehead atoms. The number of ether oxygens (including phenoxy) is 1. The van der Waals surface area contributed by atoms with E-state index in [1.54, 1.807) is 11.8 Å². The van der Waals surface area contributed by atoms with Crippen LogP contribution in [-0.2, 0) is 0 Å². The van der Waals surface area contributed by atoms with Gasteiger partial charge in [-0.2, -0.15) is 15.0 Å². The van der Waals surface area contributed by atoms with Crippen molar-refractivity contribution in [2.45, 2.75) is 49.9 Å². The van der Waals surface area contributed by atoms with Gasteiger partial charge in [0.25, 0.3) is 0 Å². The molecule has 0 spiro atoms. The first-order chi connectivity index (χ1) is 8.67. The SMILES string of the molecule is CCOc1nc(Cl)nc(SC2CCCC(C)C2)n1. The van der Waals surface area contributed by atoms with Gasteiger partial charge in [-0.1, -0.05) is 31.5 Å². The molecule has 0 amide bonds. The van der Waals surface area contributed by atoms with E-state index >= 15 is 0 Å². The van der Waals surface area contributed by atoms with Gasteiger partial charge in [0.2, 0.25) is 5.28 Å². The fraction of sp³-hybridized carbons (Fsp3) is 0.750. The predicted molar refractivity (Wildman–Crippen MR) is 73.3 cm³/mol. The summed E-state index contributed by atoms with van der Waals surface area (Å²) in [5, 5.41) is 1.47. The van der Waals surface area contributed by atoms with Crippen molar-refractivity contribution in [2.75, 3.05) is 6.61 Å². The van der Waals surface area contributed by atoms with Crippen molar-refractivity contribution in [3.05, 3.63) is 5.28 Å². The molecule has 0 N–H and O–H groups in total. The van der Waals surface area contributed by atoms with Gasteiger partial charge in [-0.25, -0.2) is 0 Å². The summed E-state index contributed by atoms with van der Waals surface area (Å²) in [6.07, 6.45) is 5.06. The zero-order chi connectivity index (χ0) is 13.0. The van der Waals surface area contributed by atoms with Crippen molar-refractivity contribution in [3.8, 4) is 6.01 Å². The second-order valence-corrected chi connectivity index (χ2v) is 6.22. The van der Waals surface area contributed by atoms with Gasteiger partial charge in [-0.3, -0.25) is 0 Å². The van der Waals surface area contributed by atoms with E-state index in [1.165, 1.54) is 25.7 Å². The summed E-state index contributed by atoms with van der Waals surface area (Å²) in [7, 11) is 0. The van der Waals surface area contributed by atoms with Crippen LogP contribution in [0.25, 0.3) is 0 Å². The van der Waals surface area contributed by atoms with E-state index in [0.717, 1.165) is 5.92 Å². The van der Waals surface area contributed by atoms with E-state index in [9.17, 15) is 0 Å². The van der Waals surface area contributed by atoms with Gasteiger partial charge in [0.05, 0.1) is 6.61 Å². The molecule has 1 aliphatic rings. The largest absolute Gasteiger partial charge is 0.464 e. The molecule has 100 valence electrons. The standard InChI is InChI=1S/C12H18ClN3OS/c1-3-17-11-14-10(13)15-12(16-11)18-9-6-4-5-8(2)7-9/h8-9H,3-7H2,1-2H3. The van der Waals surface area contributed by atoms with Crippen LogP contribution >= 0.6 is 23.4 Å². The lowest BCUT2D eigenvalue weighted by Gasteiger charge is -2.25. The van der Waals surface area contributed by atoms with Crippen LogP contribution < -0.4 is 4.74 Å². The Kier molecular flexibility index (Phi) is 5.06. The summed E-state index contributed by atoms with van der Waals surface area (Å²) >= 11 is 7.57. The predicted octanol–water partition coefficient (Wildman–Crippen LogP) is 3.59. The molecule has 0 aliphatic heterocycles. The summed E-state index contributed by atoms with van der Waals surface area (Å²) in [4.78, 5) is 12.4. The highest BCUT2D eigenvalue weighted by atomic mass is 35.5. The summed E-state index contributed by atoms with van der Waals surface area (Å²) in [5.74, 6) is 0.792. The van der Waals surface area contributed by atoms with Crippen molar-refractivity contribution in [1.29, 1.82) is 0 Å². The molecule has 1 aliphatic carbocycles. The number of halogens is 1. The summed E-state index contributed by atoms with van der Waals surface area (Å²) in [6.45, 7) is 4.73. The number of rotatable bonds is 4. The maximum atomic E-state index is 5.88. The normalized spacial score (nSPS) is 23.9. The van der Waals surface area contributed by atoms with Gasteiger partial charge in [0.1, 0.15) is 0 Å². The minimum Gasteiger partial charge on any atom is -0.464 e. The number of hydrogen-bond acceptors (Lipinski definition) is 5. The fourth-order valence-corrected chi connectivity index (χ4v) is 3.68. The molecule has 2 unspecified atom stereocenters. The van der Waals surface area contributed by atoms with E-state index in [4.69, 9.17) is 16.3 Å². The number of nitrogens with zero attached hydrogens (tertiary/aromatic N) is 3. The molecule has 18 heavy (non-hydrogen) atoms. The van der Waals surface area contributed by atoms with Crippen LogP contribution in [0, 0.1) is 5.92 Å². The minimum atomic E-state index is 0.208. The Labute approximate surface area is 117 Å². The Bertz CT molecular complexity index is 405. The van der Waals surface area contributed by atoms with Crippen molar-refractivity contribution in [3.63, 3.8) is 0 Å². The number of thioether (sulfide) groups is 1. The topological polar surface area (TPSA) is 47.9 Å². The molecule has 1 fully saturated rings. The third-order valence-corrected chi connectivity index (χ3v) is 4.32. The minimum absolute atomic E-state index is 0.208. The van der Waals surface area contributed by atoms with Crippen molar-refractivity contribution in [2.24, 2.45) is 5.92 Å². The first kappa shape index (κ1) is 13.9. The smallest absolute Gasteiger partial charge is 0.321 e. The summed E-state index contributed by atoms with van der Waals surface area (Å²) < 4.78 is 5.28. The zero-order valence-electron chi connectivity index (χ0n) is 10.7. The molecular formula is C12H18ClN3OS. The molecule has 0 saturated heterocycles. The first-order valence-corrected chi connectivity index (χ1v) is 7.64. The maximum Gasteiger partial charge on any atom is 0.321 e. The molecule has 2 atom stereocenters. The highest BCUT2D eigenvalue weighted by Gasteiger charge is 2.21. The Balaban J connectivity index is 2.03. The molecule has 1 aromatic heterocycles. The molecule has 1 aromatic rings. The van der Waals surface area contributed by atoms with E-state index in [0.29, 0.717) is 23.0 Å². The van der Waals surface area contributed by atoms with Crippen molar-refractivity contribution < 1.29 is 4.74 Å². The Morgan fingerprint density at radius 2 is 2.17 bits per heavy atom. The third kappa shape index (κ3) is 3.99. The molecule has 4 nitrogen and oxygen atoms in total. The number of aromatic nitrogens is 3.